The highest BCUT2D eigenvalue weighted by Crippen LogP contribution is 2.32. The summed E-state index contributed by atoms with van der Waals surface area (Å²) in [5.74, 6) is 1.16. The van der Waals surface area contributed by atoms with Gasteiger partial charge in [0.15, 0.2) is 0 Å². The maximum Gasteiger partial charge on any atom is 0.116 e. The quantitative estimate of drug-likeness (QED) is 0.584. The van der Waals surface area contributed by atoms with Gasteiger partial charge >= 0.3 is 0 Å². The summed E-state index contributed by atoms with van der Waals surface area (Å²) < 4.78 is 0. The topological polar surface area (TPSA) is 36.4 Å². The van der Waals surface area contributed by atoms with Crippen molar-refractivity contribution >= 4 is 16.6 Å². The van der Waals surface area contributed by atoms with E-state index in [9.17, 15) is 5.11 Å². The number of piperidine rings is 1. The maximum absolute atomic E-state index is 9.85. The summed E-state index contributed by atoms with van der Waals surface area (Å²) in [6, 6.07) is 18.3. The van der Waals surface area contributed by atoms with Crippen molar-refractivity contribution in [2.45, 2.75) is 38.5 Å². The Hall–Kier alpha value is -2.55. The Morgan fingerprint density at radius 1 is 0.963 bits per heavy atom. The van der Waals surface area contributed by atoms with Gasteiger partial charge in [-0.25, -0.2) is 0 Å². The van der Waals surface area contributed by atoms with Gasteiger partial charge in [-0.15, -0.1) is 0 Å². The lowest BCUT2D eigenvalue weighted by molar-refractivity contribution is 0.369. The molecule has 140 valence electrons. The Bertz CT molecular complexity index is 870. The minimum Gasteiger partial charge on any atom is -0.508 e. The van der Waals surface area contributed by atoms with Crippen molar-refractivity contribution in [3.8, 4) is 5.75 Å². The van der Waals surface area contributed by atoms with Crippen LogP contribution in [0.1, 0.15) is 37.7 Å². The summed E-state index contributed by atoms with van der Waals surface area (Å²) in [6.07, 6.45) is 9.56. The SMILES string of the molecule is Oc1ccc2nccc(N3CCC(CCCCc4ccccc4)CC3)c2c1. The molecule has 0 atom stereocenters. The Morgan fingerprint density at radius 2 is 1.78 bits per heavy atom. The van der Waals surface area contributed by atoms with Crippen LogP contribution >= 0.6 is 0 Å². The lowest BCUT2D eigenvalue weighted by Crippen LogP contribution is -2.33. The highest BCUT2D eigenvalue weighted by Gasteiger charge is 2.20. The average Bonchev–Trinajstić information content (AvgIpc) is 2.72. The highest BCUT2D eigenvalue weighted by atomic mass is 16.3. The zero-order chi connectivity index (χ0) is 18.5. The van der Waals surface area contributed by atoms with Crippen molar-refractivity contribution < 1.29 is 5.11 Å². The van der Waals surface area contributed by atoms with Crippen LogP contribution in [0.2, 0.25) is 0 Å². The first-order valence-electron chi connectivity index (χ1n) is 10.2. The first-order valence-corrected chi connectivity index (χ1v) is 10.2. The predicted octanol–water partition coefficient (Wildman–Crippen LogP) is 5.57. The van der Waals surface area contributed by atoms with E-state index in [0.717, 1.165) is 29.9 Å². The number of aromatic hydroxyl groups is 1. The van der Waals surface area contributed by atoms with Crippen LogP contribution in [0, 0.1) is 5.92 Å². The second kappa shape index (κ2) is 8.43. The van der Waals surface area contributed by atoms with Crippen molar-refractivity contribution in [3.63, 3.8) is 0 Å². The molecule has 1 aliphatic heterocycles. The van der Waals surface area contributed by atoms with Crippen molar-refractivity contribution in [2.75, 3.05) is 18.0 Å². The number of phenols is 1. The summed E-state index contributed by atoms with van der Waals surface area (Å²) in [7, 11) is 0. The Labute approximate surface area is 161 Å². The third-order valence-corrected chi connectivity index (χ3v) is 5.83. The predicted molar refractivity (Wildman–Crippen MR) is 112 cm³/mol. The maximum atomic E-state index is 9.85. The van der Waals surface area contributed by atoms with Gasteiger partial charge in [0.25, 0.3) is 0 Å². The molecule has 0 radical (unpaired) electrons. The van der Waals surface area contributed by atoms with Crippen LogP contribution in [-0.2, 0) is 6.42 Å². The van der Waals surface area contributed by atoms with Gasteiger partial charge in [0, 0.05) is 30.4 Å². The van der Waals surface area contributed by atoms with Gasteiger partial charge in [-0.3, -0.25) is 4.98 Å². The third-order valence-electron chi connectivity index (χ3n) is 5.83. The number of aryl methyl sites for hydroxylation is 1. The van der Waals surface area contributed by atoms with Crippen molar-refractivity contribution in [2.24, 2.45) is 5.92 Å². The van der Waals surface area contributed by atoms with Crippen molar-refractivity contribution in [3.05, 3.63) is 66.4 Å². The minimum absolute atomic E-state index is 0.310. The number of nitrogens with zero attached hydrogens (tertiary/aromatic N) is 2. The Balaban J connectivity index is 1.29. The molecule has 0 amide bonds. The van der Waals surface area contributed by atoms with E-state index in [0.29, 0.717) is 5.75 Å². The molecule has 0 spiro atoms. The standard InChI is InChI=1S/C24H28N2O/c27-21-10-11-23-22(18-21)24(12-15-25-23)26-16-13-20(14-17-26)9-5-4-8-19-6-2-1-3-7-19/h1-3,6-7,10-12,15,18,20,27H,4-5,8-9,13-14,16-17H2. The third kappa shape index (κ3) is 4.41. The molecule has 1 saturated heterocycles. The second-order valence-corrected chi connectivity index (χ2v) is 7.69. The monoisotopic (exact) mass is 360 g/mol. The number of unbranched alkanes of at least 4 members (excludes halogenated alkanes) is 1. The Morgan fingerprint density at radius 3 is 2.59 bits per heavy atom. The van der Waals surface area contributed by atoms with Gasteiger partial charge in [0.05, 0.1) is 5.52 Å². The van der Waals surface area contributed by atoms with Gasteiger partial charge < -0.3 is 10.0 Å². The molecule has 1 aliphatic rings. The molecule has 0 saturated carbocycles. The molecule has 2 heterocycles. The van der Waals surface area contributed by atoms with E-state index in [1.807, 2.05) is 18.3 Å². The van der Waals surface area contributed by atoms with Gasteiger partial charge in [0.1, 0.15) is 5.75 Å². The number of hydrogen-bond acceptors (Lipinski definition) is 3. The van der Waals surface area contributed by atoms with Crippen LogP contribution in [0.15, 0.2) is 60.8 Å². The number of pyridine rings is 1. The molecule has 0 bridgehead atoms. The molecule has 3 nitrogen and oxygen atoms in total. The number of anilines is 1. The molecule has 3 aromatic rings. The molecule has 1 aromatic heterocycles. The number of rotatable bonds is 6. The number of benzene rings is 2. The van der Waals surface area contributed by atoms with E-state index < -0.39 is 0 Å². The number of hydrogen-bond donors (Lipinski definition) is 1. The van der Waals surface area contributed by atoms with Crippen molar-refractivity contribution in [1.29, 1.82) is 0 Å². The van der Waals surface area contributed by atoms with Crippen LogP contribution in [0.3, 0.4) is 0 Å². The van der Waals surface area contributed by atoms with Crippen LogP contribution in [0.25, 0.3) is 10.9 Å². The van der Waals surface area contributed by atoms with E-state index in [-0.39, 0.29) is 0 Å². The summed E-state index contributed by atoms with van der Waals surface area (Å²) in [5, 5.41) is 10.9. The number of aromatic nitrogens is 1. The molecule has 1 fully saturated rings. The smallest absolute Gasteiger partial charge is 0.116 e. The number of fused-ring (bicyclic) bond motifs is 1. The fourth-order valence-electron chi connectivity index (χ4n) is 4.26. The first-order chi connectivity index (χ1) is 13.3. The Kier molecular flexibility index (Phi) is 5.57. The lowest BCUT2D eigenvalue weighted by Gasteiger charge is -2.34. The summed E-state index contributed by atoms with van der Waals surface area (Å²) in [6.45, 7) is 2.19. The van der Waals surface area contributed by atoms with Gasteiger partial charge in [-0.05, 0) is 61.4 Å². The number of phenolic OH excluding ortho intramolecular Hbond substituents is 1. The molecule has 2 aromatic carbocycles. The van der Waals surface area contributed by atoms with Crippen LogP contribution in [0.5, 0.6) is 5.75 Å². The average molecular weight is 361 g/mol. The zero-order valence-electron chi connectivity index (χ0n) is 15.8. The van der Waals surface area contributed by atoms with Crippen LogP contribution in [-0.4, -0.2) is 23.2 Å². The molecule has 0 aliphatic carbocycles. The van der Waals surface area contributed by atoms with Crippen LogP contribution < -0.4 is 4.90 Å². The van der Waals surface area contributed by atoms with E-state index in [1.54, 1.807) is 6.07 Å². The highest BCUT2D eigenvalue weighted by molar-refractivity contribution is 5.92. The summed E-state index contributed by atoms with van der Waals surface area (Å²) >= 11 is 0. The first kappa shape index (κ1) is 17.8. The molecule has 4 rings (SSSR count). The lowest BCUT2D eigenvalue weighted by atomic mass is 9.90. The minimum atomic E-state index is 0.310. The molecule has 3 heteroatoms. The molecular formula is C24H28N2O. The van der Waals surface area contributed by atoms with E-state index in [1.165, 1.54) is 49.8 Å². The zero-order valence-corrected chi connectivity index (χ0v) is 15.8. The van der Waals surface area contributed by atoms with Gasteiger partial charge in [-0.2, -0.15) is 0 Å². The normalized spacial score (nSPS) is 15.3. The fraction of sp³-hybridized carbons (Fsp3) is 0.375. The summed E-state index contributed by atoms with van der Waals surface area (Å²) in [4.78, 5) is 6.89. The molecule has 1 N–H and O–H groups in total. The van der Waals surface area contributed by atoms with Gasteiger partial charge in [-0.1, -0.05) is 43.2 Å². The van der Waals surface area contributed by atoms with Gasteiger partial charge in [0.2, 0.25) is 0 Å². The molecule has 0 unspecified atom stereocenters. The largest absolute Gasteiger partial charge is 0.508 e. The van der Waals surface area contributed by atoms with E-state index in [2.05, 4.69) is 46.3 Å². The fourth-order valence-corrected chi connectivity index (χ4v) is 4.26. The second-order valence-electron chi connectivity index (χ2n) is 7.69. The van der Waals surface area contributed by atoms with Crippen LogP contribution in [0.4, 0.5) is 5.69 Å². The molecule has 27 heavy (non-hydrogen) atoms. The van der Waals surface area contributed by atoms with Crippen molar-refractivity contribution in [1.82, 2.24) is 4.98 Å². The van der Waals surface area contributed by atoms with E-state index in [4.69, 9.17) is 0 Å². The summed E-state index contributed by atoms with van der Waals surface area (Å²) in [5.41, 5.74) is 3.62. The molecular weight excluding hydrogens is 332 g/mol. The van der Waals surface area contributed by atoms with E-state index >= 15 is 0 Å².